The zero-order valence-corrected chi connectivity index (χ0v) is 14.8. The molecule has 0 aliphatic heterocycles. The number of hydrogen-bond acceptors (Lipinski definition) is 6. The summed E-state index contributed by atoms with van der Waals surface area (Å²) in [6.07, 6.45) is 6.01. The Morgan fingerprint density at radius 1 is 1.16 bits per heavy atom. The highest BCUT2D eigenvalue weighted by Crippen LogP contribution is 2.29. The molecule has 7 heteroatoms. The Balaban J connectivity index is 1.76. The number of aromatic hydroxyl groups is 1. The first-order valence-electron chi connectivity index (χ1n) is 7.90. The summed E-state index contributed by atoms with van der Waals surface area (Å²) < 4.78 is 0. The maximum absolute atomic E-state index is 12.4. The van der Waals surface area contributed by atoms with E-state index in [4.69, 9.17) is 0 Å². The van der Waals surface area contributed by atoms with Crippen molar-refractivity contribution in [1.82, 2.24) is 20.3 Å². The largest absolute Gasteiger partial charge is 0.508 e. The average molecular weight is 354 g/mol. The van der Waals surface area contributed by atoms with Crippen molar-refractivity contribution in [2.24, 2.45) is 0 Å². The van der Waals surface area contributed by atoms with E-state index in [1.807, 2.05) is 13.1 Å². The van der Waals surface area contributed by atoms with Crippen LogP contribution in [0.15, 0.2) is 36.8 Å². The molecule has 0 unspecified atom stereocenters. The molecule has 128 valence electrons. The zero-order chi connectivity index (χ0) is 17.8. The van der Waals surface area contributed by atoms with Crippen molar-refractivity contribution in [3.8, 4) is 16.3 Å². The molecule has 0 aliphatic carbocycles. The van der Waals surface area contributed by atoms with Crippen LogP contribution in [0.5, 0.6) is 5.75 Å². The van der Waals surface area contributed by atoms with E-state index in [0.29, 0.717) is 11.3 Å². The number of hydrogen-bond donors (Lipinski definition) is 2. The predicted molar refractivity (Wildman–Crippen MR) is 96.5 cm³/mol. The Bertz CT molecular complexity index is 890. The smallest absolute Gasteiger partial charge is 0.251 e. The SMILES string of the molecule is CCc1cnc(-c2cc(O)cc(C(=O)NCc3cnc(C)cn3)c2)s1. The van der Waals surface area contributed by atoms with Gasteiger partial charge in [0.1, 0.15) is 10.8 Å². The molecule has 0 bridgehead atoms. The number of phenols is 1. The predicted octanol–water partition coefficient (Wildman–Crippen LogP) is 3.11. The minimum atomic E-state index is -0.285. The van der Waals surface area contributed by atoms with Crippen LogP contribution in [-0.2, 0) is 13.0 Å². The molecule has 2 aromatic heterocycles. The summed E-state index contributed by atoms with van der Waals surface area (Å²) in [5.41, 5.74) is 2.60. The van der Waals surface area contributed by atoms with Gasteiger partial charge in [0.15, 0.2) is 0 Å². The molecule has 25 heavy (non-hydrogen) atoms. The molecule has 0 radical (unpaired) electrons. The number of phenolic OH excluding ortho intramolecular Hbond substituents is 1. The number of amides is 1. The quantitative estimate of drug-likeness (QED) is 0.735. The third kappa shape index (κ3) is 4.19. The molecule has 0 atom stereocenters. The first kappa shape index (κ1) is 17.0. The fourth-order valence-corrected chi connectivity index (χ4v) is 3.09. The van der Waals surface area contributed by atoms with Gasteiger partial charge in [0.05, 0.1) is 24.1 Å². The van der Waals surface area contributed by atoms with E-state index < -0.39 is 0 Å². The van der Waals surface area contributed by atoms with E-state index in [-0.39, 0.29) is 18.2 Å². The highest BCUT2D eigenvalue weighted by Gasteiger charge is 2.12. The molecule has 0 saturated carbocycles. The fourth-order valence-electron chi connectivity index (χ4n) is 2.25. The Morgan fingerprint density at radius 3 is 2.68 bits per heavy atom. The Kier molecular flexibility index (Phi) is 5.04. The summed E-state index contributed by atoms with van der Waals surface area (Å²) in [5.74, 6) is -0.252. The second kappa shape index (κ2) is 7.40. The second-order valence-corrected chi connectivity index (χ2v) is 6.70. The van der Waals surface area contributed by atoms with Crippen molar-refractivity contribution in [1.29, 1.82) is 0 Å². The van der Waals surface area contributed by atoms with E-state index in [1.54, 1.807) is 35.9 Å². The lowest BCUT2D eigenvalue weighted by Crippen LogP contribution is -2.23. The molecule has 0 spiro atoms. The van der Waals surface area contributed by atoms with Crippen molar-refractivity contribution < 1.29 is 9.90 Å². The summed E-state index contributed by atoms with van der Waals surface area (Å²) in [6, 6.07) is 4.78. The van der Waals surface area contributed by atoms with Gasteiger partial charge in [0, 0.05) is 28.4 Å². The van der Waals surface area contributed by atoms with Gasteiger partial charge in [-0.05, 0) is 31.5 Å². The fraction of sp³-hybridized carbons (Fsp3) is 0.222. The van der Waals surface area contributed by atoms with Crippen LogP contribution >= 0.6 is 11.3 Å². The van der Waals surface area contributed by atoms with Gasteiger partial charge in [-0.15, -0.1) is 11.3 Å². The third-order valence-corrected chi connectivity index (χ3v) is 4.78. The molecule has 0 fully saturated rings. The zero-order valence-electron chi connectivity index (χ0n) is 14.0. The van der Waals surface area contributed by atoms with Crippen molar-refractivity contribution >= 4 is 17.2 Å². The normalized spacial score (nSPS) is 10.6. The highest BCUT2D eigenvalue weighted by atomic mass is 32.1. The van der Waals surface area contributed by atoms with Crippen LogP contribution in [0.4, 0.5) is 0 Å². The van der Waals surface area contributed by atoms with Crippen LogP contribution in [0.1, 0.15) is 33.5 Å². The van der Waals surface area contributed by atoms with Crippen LogP contribution < -0.4 is 5.32 Å². The number of benzene rings is 1. The van der Waals surface area contributed by atoms with Crippen LogP contribution in [0.2, 0.25) is 0 Å². The molecule has 0 saturated heterocycles. The Hall–Kier alpha value is -2.80. The van der Waals surface area contributed by atoms with E-state index in [0.717, 1.165) is 27.6 Å². The monoisotopic (exact) mass is 354 g/mol. The van der Waals surface area contributed by atoms with Crippen LogP contribution in [0.25, 0.3) is 10.6 Å². The summed E-state index contributed by atoms with van der Waals surface area (Å²) >= 11 is 1.55. The van der Waals surface area contributed by atoms with Crippen LogP contribution in [0, 0.1) is 6.92 Å². The second-order valence-electron chi connectivity index (χ2n) is 5.59. The number of carbonyl (C=O) groups is 1. The van der Waals surface area contributed by atoms with Crippen molar-refractivity contribution in [2.75, 3.05) is 0 Å². The topological polar surface area (TPSA) is 88.0 Å². The summed E-state index contributed by atoms with van der Waals surface area (Å²) in [6.45, 7) is 4.19. The molecule has 2 heterocycles. The third-order valence-electron chi connectivity index (χ3n) is 3.59. The molecule has 6 nitrogen and oxygen atoms in total. The number of carbonyl (C=O) groups excluding carboxylic acids is 1. The molecule has 0 aliphatic rings. The maximum atomic E-state index is 12.4. The van der Waals surface area contributed by atoms with Gasteiger partial charge in [0.25, 0.3) is 5.91 Å². The molecule has 3 aromatic rings. The number of nitrogens with zero attached hydrogens (tertiary/aromatic N) is 3. The van der Waals surface area contributed by atoms with Crippen molar-refractivity contribution in [3.63, 3.8) is 0 Å². The standard InChI is InChI=1S/C18H18N4O2S/c1-3-16-10-22-18(25-16)13-4-12(5-15(23)6-13)17(24)21-9-14-8-19-11(2)7-20-14/h4-8,10,23H,3,9H2,1-2H3,(H,21,24). The minimum Gasteiger partial charge on any atom is -0.508 e. The molecular formula is C18H18N4O2S. The van der Waals surface area contributed by atoms with Gasteiger partial charge in [-0.25, -0.2) is 4.98 Å². The van der Waals surface area contributed by atoms with Crippen molar-refractivity contribution in [3.05, 3.63) is 58.6 Å². The van der Waals surface area contributed by atoms with Gasteiger partial charge >= 0.3 is 0 Å². The number of aryl methyl sites for hydroxylation is 2. The highest BCUT2D eigenvalue weighted by molar-refractivity contribution is 7.15. The Labute approximate surface area is 149 Å². The number of nitrogens with one attached hydrogen (secondary N) is 1. The molecule has 3 rings (SSSR count). The van der Waals surface area contributed by atoms with Gasteiger partial charge in [-0.2, -0.15) is 0 Å². The first-order valence-corrected chi connectivity index (χ1v) is 8.71. The Morgan fingerprint density at radius 2 is 2.00 bits per heavy atom. The maximum Gasteiger partial charge on any atom is 0.251 e. The average Bonchev–Trinajstić information content (AvgIpc) is 3.10. The molecule has 1 amide bonds. The summed E-state index contributed by atoms with van der Waals surface area (Å²) in [7, 11) is 0. The lowest BCUT2D eigenvalue weighted by Gasteiger charge is -2.07. The number of thiazole rings is 1. The van der Waals surface area contributed by atoms with Gasteiger partial charge < -0.3 is 10.4 Å². The first-order chi connectivity index (χ1) is 12.0. The van der Waals surface area contributed by atoms with Gasteiger partial charge in [-0.1, -0.05) is 6.92 Å². The van der Waals surface area contributed by atoms with Crippen LogP contribution in [0.3, 0.4) is 0 Å². The summed E-state index contributed by atoms with van der Waals surface area (Å²) in [5, 5.41) is 13.5. The molecular weight excluding hydrogens is 336 g/mol. The van der Waals surface area contributed by atoms with Crippen LogP contribution in [-0.4, -0.2) is 26.0 Å². The lowest BCUT2D eigenvalue weighted by molar-refractivity contribution is 0.0950. The van der Waals surface area contributed by atoms with E-state index >= 15 is 0 Å². The molecule has 2 N–H and O–H groups in total. The van der Waals surface area contributed by atoms with Gasteiger partial charge in [0.2, 0.25) is 0 Å². The number of rotatable bonds is 5. The molecule has 1 aromatic carbocycles. The number of aromatic nitrogens is 3. The lowest BCUT2D eigenvalue weighted by atomic mass is 10.1. The van der Waals surface area contributed by atoms with E-state index in [2.05, 4.69) is 27.2 Å². The summed E-state index contributed by atoms with van der Waals surface area (Å²) in [4.78, 5) is 26.3. The van der Waals surface area contributed by atoms with E-state index in [9.17, 15) is 9.90 Å². The van der Waals surface area contributed by atoms with Gasteiger partial charge in [-0.3, -0.25) is 14.8 Å². The van der Waals surface area contributed by atoms with Crippen molar-refractivity contribution in [2.45, 2.75) is 26.8 Å². The van der Waals surface area contributed by atoms with E-state index in [1.165, 1.54) is 6.07 Å². The minimum absolute atomic E-state index is 0.0334.